The number of ether oxygens (including phenoxy) is 1. The average molecular weight is 332 g/mol. The number of para-hydroxylation sites is 1. The average Bonchev–Trinajstić information content (AvgIpc) is 2.98. The van der Waals surface area contributed by atoms with Crippen LogP contribution in [0.5, 0.6) is 5.75 Å². The number of hydrogen-bond acceptors (Lipinski definition) is 2. The lowest BCUT2D eigenvalue weighted by molar-refractivity contribution is 0.197. The molecule has 1 fully saturated rings. The number of halogens is 1. The van der Waals surface area contributed by atoms with Gasteiger partial charge in [-0.1, -0.05) is 48.5 Å². The molecule has 1 aliphatic heterocycles. The summed E-state index contributed by atoms with van der Waals surface area (Å²) in [6, 6.07) is 19.7. The van der Waals surface area contributed by atoms with Crippen molar-refractivity contribution in [1.29, 1.82) is 0 Å². The highest BCUT2D eigenvalue weighted by Gasteiger charge is 2.21. The molecule has 0 radical (unpaired) electrons. The zero-order valence-electron chi connectivity index (χ0n) is 13.8. The summed E-state index contributed by atoms with van der Waals surface area (Å²) in [6.45, 7) is 2.00. The highest BCUT2D eigenvalue weighted by Crippen LogP contribution is 2.22. The molecule has 2 nitrogen and oxygen atoms in total. The van der Waals surface area contributed by atoms with Crippen molar-refractivity contribution in [2.24, 2.45) is 0 Å². The Hall–Kier alpha value is -1.51. The molecule has 0 saturated carbocycles. The standard InChI is InChI=1S/C20H25NO.ClH/c1-21-15-7-11-19(21)16-22-20-12-6-5-10-18(20)14-13-17-8-3-2-4-9-17;/h2-6,8-10,12,19H,7,11,13-16H2,1H3;1H/t19-;/m1./s1. The number of likely N-dealkylation sites (tertiary alicyclic amines) is 1. The van der Waals surface area contributed by atoms with Crippen molar-refractivity contribution in [2.45, 2.75) is 31.7 Å². The van der Waals surface area contributed by atoms with Gasteiger partial charge in [0.25, 0.3) is 0 Å². The van der Waals surface area contributed by atoms with Crippen molar-refractivity contribution in [3.8, 4) is 5.75 Å². The first kappa shape index (κ1) is 17.8. The van der Waals surface area contributed by atoms with Crippen molar-refractivity contribution in [2.75, 3.05) is 20.2 Å². The molecule has 2 aromatic carbocycles. The molecule has 0 aromatic heterocycles. The smallest absolute Gasteiger partial charge is 0.122 e. The van der Waals surface area contributed by atoms with Crippen LogP contribution < -0.4 is 4.74 Å². The van der Waals surface area contributed by atoms with Crippen LogP contribution in [0, 0.1) is 0 Å². The van der Waals surface area contributed by atoms with Crippen LogP contribution in [0.25, 0.3) is 0 Å². The van der Waals surface area contributed by atoms with E-state index >= 15 is 0 Å². The molecule has 0 unspecified atom stereocenters. The first-order valence-electron chi connectivity index (χ1n) is 8.28. The molecule has 0 N–H and O–H groups in total. The maximum atomic E-state index is 6.14. The summed E-state index contributed by atoms with van der Waals surface area (Å²) in [5.41, 5.74) is 2.69. The Labute approximate surface area is 145 Å². The second-order valence-corrected chi connectivity index (χ2v) is 6.18. The van der Waals surface area contributed by atoms with E-state index in [4.69, 9.17) is 4.74 Å². The van der Waals surface area contributed by atoms with Crippen LogP contribution in [0.3, 0.4) is 0 Å². The first-order chi connectivity index (χ1) is 10.8. The largest absolute Gasteiger partial charge is 0.492 e. The van der Waals surface area contributed by atoms with Crippen LogP contribution in [-0.4, -0.2) is 31.1 Å². The summed E-state index contributed by atoms with van der Waals surface area (Å²) in [5, 5.41) is 0. The molecule has 3 heteroatoms. The van der Waals surface area contributed by atoms with Gasteiger partial charge in [0.15, 0.2) is 0 Å². The van der Waals surface area contributed by atoms with E-state index in [2.05, 4.69) is 66.5 Å². The minimum absolute atomic E-state index is 0. The third-order valence-electron chi connectivity index (χ3n) is 4.60. The Morgan fingerprint density at radius 2 is 1.74 bits per heavy atom. The van der Waals surface area contributed by atoms with E-state index in [1.54, 1.807) is 0 Å². The molecule has 0 aliphatic carbocycles. The molecule has 23 heavy (non-hydrogen) atoms. The van der Waals surface area contributed by atoms with E-state index in [9.17, 15) is 0 Å². The monoisotopic (exact) mass is 331 g/mol. The predicted molar refractivity (Wildman–Crippen MR) is 98.7 cm³/mol. The van der Waals surface area contributed by atoms with Crippen LogP contribution in [0.2, 0.25) is 0 Å². The molecule has 3 rings (SSSR count). The fourth-order valence-electron chi connectivity index (χ4n) is 3.15. The lowest BCUT2D eigenvalue weighted by Crippen LogP contribution is -2.30. The highest BCUT2D eigenvalue weighted by atomic mass is 35.5. The molecule has 0 bridgehead atoms. The Morgan fingerprint density at radius 3 is 2.48 bits per heavy atom. The van der Waals surface area contributed by atoms with E-state index in [1.165, 1.54) is 30.5 Å². The van der Waals surface area contributed by atoms with Crippen molar-refractivity contribution >= 4 is 12.4 Å². The number of hydrogen-bond donors (Lipinski definition) is 0. The first-order valence-corrected chi connectivity index (χ1v) is 8.28. The van der Waals surface area contributed by atoms with Gasteiger partial charge in [0.1, 0.15) is 12.4 Å². The molecular formula is C20H26ClNO. The van der Waals surface area contributed by atoms with Crippen molar-refractivity contribution < 1.29 is 4.74 Å². The van der Waals surface area contributed by atoms with E-state index in [1.807, 2.05) is 0 Å². The zero-order valence-corrected chi connectivity index (χ0v) is 14.6. The molecule has 124 valence electrons. The van der Waals surface area contributed by atoms with Crippen molar-refractivity contribution in [3.05, 3.63) is 65.7 Å². The number of likely N-dealkylation sites (N-methyl/N-ethyl adjacent to an activating group) is 1. The van der Waals surface area contributed by atoms with Crippen LogP contribution in [0.1, 0.15) is 24.0 Å². The fraction of sp³-hybridized carbons (Fsp3) is 0.400. The summed E-state index contributed by atoms with van der Waals surface area (Å²) < 4.78 is 6.14. The van der Waals surface area contributed by atoms with Crippen LogP contribution >= 0.6 is 12.4 Å². The van der Waals surface area contributed by atoms with Crippen LogP contribution in [0.15, 0.2) is 54.6 Å². The van der Waals surface area contributed by atoms with Gasteiger partial charge in [0.05, 0.1) is 0 Å². The van der Waals surface area contributed by atoms with Gasteiger partial charge in [-0.25, -0.2) is 0 Å². The van der Waals surface area contributed by atoms with Crippen molar-refractivity contribution in [1.82, 2.24) is 4.90 Å². The lowest BCUT2D eigenvalue weighted by atomic mass is 10.0. The Balaban J connectivity index is 0.00000192. The van der Waals surface area contributed by atoms with E-state index in [-0.39, 0.29) is 12.4 Å². The predicted octanol–water partition coefficient (Wildman–Crippen LogP) is 4.37. The van der Waals surface area contributed by atoms with Crippen LogP contribution in [-0.2, 0) is 12.8 Å². The molecule has 2 aromatic rings. The molecule has 0 spiro atoms. The maximum Gasteiger partial charge on any atom is 0.122 e. The van der Waals surface area contributed by atoms with Gasteiger partial charge in [0.2, 0.25) is 0 Å². The number of aryl methyl sites for hydroxylation is 2. The fourth-order valence-corrected chi connectivity index (χ4v) is 3.15. The van der Waals surface area contributed by atoms with Gasteiger partial charge < -0.3 is 9.64 Å². The van der Waals surface area contributed by atoms with Gasteiger partial charge in [-0.2, -0.15) is 0 Å². The highest BCUT2D eigenvalue weighted by molar-refractivity contribution is 5.85. The summed E-state index contributed by atoms with van der Waals surface area (Å²) >= 11 is 0. The summed E-state index contributed by atoms with van der Waals surface area (Å²) in [5.74, 6) is 1.05. The Morgan fingerprint density at radius 1 is 1.00 bits per heavy atom. The number of rotatable bonds is 6. The van der Waals surface area contributed by atoms with E-state index < -0.39 is 0 Å². The second-order valence-electron chi connectivity index (χ2n) is 6.18. The van der Waals surface area contributed by atoms with Gasteiger partial charge >= 0.3 is 0 Å². The zero-order chi connectivity index (χ0) is 15.2. The van der Waals surface area contributed by atoms with Crippen LogP contribution in [0.4, 0.5) is 0 Å². The van der Waals surface area contributed by atoms with E-state index in [0.717, 1.165) is 25.2 Å². The summed E-state index contributed by atoms with van der Waals surface area (Å²) in [6.07, 6.45) is 4.63. The second kappa shape index (κ2) is 8.95. The quantitative estimate of drug-likeness (QED) is 0.779. The Kier molecular flexibility index (Phi) is 6.94. The minimum atomic E-state index is 0. The molecule has 0 amide bonds. The van der Waals surface area contributed by atoms with Crippen molar-refractivity contribution in [3.63, 3.8) is 0 Å². The van der Waals surface area contributed by atoms with Gasteiger partial charge in [-0.15, -0.1) is 12.4 Å². The van der Waals surface area contributed by atoms with Gasteiger partial charge in [0, 0.05) is 6.04 Å². The SMILES string of the molecule is CN1CCC[C@@H]1COc1ccccc1CCc1ccccc1.Cl. The third kappa shape index (κ3) is 4.98. The maximum absolute atomic E-state index is 6.14. The Bertz CT molecular complexity index is 587. The normalized spacial score (nSPS) is 17.7. The number of benzene rings is 2. The molecule has 1 atom stereocenters. The number of nitrogens with zero attached hydrogens (tertiary/aromatic N) is 1. The molecule has 1 heterocycles. The van der Waals surface area contributed by atoms with Gasteiger partial charge in [-0.3, -0.25) is 0 Å². The third-order valence-corrected chi connectivity index (χ3v) is 4.60. The van der Waals surface area contributed by atoms with Gasteiger partial charge in [-0.05, 0) is 56.5 Å². The molecule has 1 saturated heterocycles. The summed E-state index contributed by atoms with van der Waals surface area (Å²) in [7, 11) is 2.20. The molecule has 1 aliphatic rings. The van der Waals surface area contributed by atoms with E-state index in [0.29, 0.717) is 6.04 Å². The topological polar surface area (TPSA) is 12.5 Å². The molecular weight excluding hydrogens is 306 g/mol. The minimum Gasteiger partial charge on any atom is -0.492 e. The lowest BCUT2D eigenvalue weighted by Gasteiger charge is -2.20. The summed E-state index contributed by atoms with van der Waals surface area (Å²) in [4.78, 5) is 2.41.